The Hall–Kier alpha value is -1.11. The molecule has 4 nitrogen and oxygen atoms in total. The Labute approximate surface area is 109 Å². The highest BCUT2D eigenvalue weighted by atomic mass is 19.4. The van der Waals surface area contributed by atoms with Crippen LogP contribution in [0.3, 0.4) is 0 Å². The first-order valence-corrected chi connectivity index (χ1v) is 6.69. The average Bonchev–Trinajstić information content (AvgIpc) is 3.07. The molecule has 1 aliphatic carbocycles. The van der Waals surface area contributed by atoms with Crippen molar-refractivity contribution in [2.24, 2.45) is 5.92 Å². The Kier molecular flexibility index (Phi) is 3.03. The molecule has 0 aromatic carbocycles. The molecule has 1 N–H and O–H groups in total. The summed E-state index contributed by atoms with van der Waals surface area (Å²) < 4.78 is 40.4. The minimum atomic E-state index is -4.23. The second kappa shape index (κ2) is 4.47. The normalized spacial score (nSPS) is 23.5. The number of aromatic nitrogens is 3. The minimum absolute atomic E-state index is 0.0473. The van der Waals surface area contributed by atoms with E-state index in [-0.39, 0.29) is 18.7 Å². The zero-order valence-corrected chi connectivity index (χ0v) is 10.6. The van der Waals surface area contributed by atoms with Gasteiger partial charge >= 0.3 is 6.18 Å². The molecule has 19 heavy (non-hydrogen) atoms. The van der Waals surface area contributed by atoms with Crippen molar-refractivity contribution in [1.82, 2.24) is 20.1 Å². The summed E-state index contributed by atoms with van der Waals surface area (Å²) in [5.74, 6) is 0.436. The fourth-order valence-electron chi connectivity index (χ4n) is 2.69. The molecule has 1 saturated carbocycles. The molecule has 1 saturated heterocycles. The van der Waals surface area contributed by atoms with Crippen LogP contribution in [0.15, 0.2) is 6.33 Å². The van der Waals surface area contributed by atoms with E-state index in [0.29, 0.717) is 12.5 Å². The smallest absolute Gasteiger partial charge is 0.317 e. The van der Waals surface area contributed by atoms with Crippen molar-refractivity contribution in [2.75, 3.05) is 13.1 Å². The second-order valence-electron chi connectivity index (χ2n) is 5.56. The summed E-state index contributed by atoms with van der Waals surface area (Å²) in [4.78, 5) is 3.90. The lowest BCUT2D eigenvalue weighted by atomic mass is 9.98. The molecular formula is C12H17F3N4. The predicted molar refractivity (Wildman–Crippen MR) is 62.6 cm³/mol. The number of nitrogens with one attached hydrogen (secondary N) is 1. The summed E-state index contributed by atoms with van der Waals surface area (Å²) in [6, 6.07) is 0. The van der Waals surface area contributed by atoms with Crippen LogP contribution in [0.1, 0.15) is 31.5 Å². The zero-order chi connectivity index (χ0) is 13.5. The van der Waals surface area contributed by atoms with Gasteiger partial charge in [-0.05, 0) is 44.7 Å². The maximum absolute atomic E-state index is 13.0. The van der Waals surface area contributed by atoms with Gasteiger partial charge in [-0.25, -0.2) is 4.98 Å². The van der Waals surface area contributed by atoms with Crippen molar-refractivity contribution in [1.29, 1.82) is 0 Å². The molecular weight excluding hydrogens is 257 g/mol. The summed E-state index contributed by atoms with van der Waals surface area (Å²) in [5.41, 5.74) is -1.76. The van der Waals surface area contributed by atoms with Crippen LogP contribution in [0, 0.1) is 5.92 Å². The number of halogens is 3. The van der Waals surface area contributed by atoms with Crippen molar-refractivity contribution in [3.63, 3.8) is 0 Å². The van der Waals surface area contributed by atoms with Crippen LogP contribution in [-0.4, -0.2) is 34.0 Å². The molecule has 1 aromatic heterocycles. The van der Waals surface area contributed by atoms with Crippen LogP contribution >= 0.6 is 0 Å². The van der Waals surface area contributed by atoms with E-state index in [1.165, 1.54) is 6.33 Å². The van der Waals surface area contributed by atoms with Crippen molar-refractivity contribution in [3.05, 3.63) is 12.2 Å². The van der Waals surface area contributed by atoms with Crippen LogP contribution < -0.4 is 5.32 Å². The van der Waals surface area contributed by atoms with Crippen molar-refractivity contribution >= 4 is 0 Å². The molecule has 2 heterocycles. The highest BCUT2D eigenvalue weighted by molar-refractivity contribution is 5.20. The van der Waals surface area contributed by atoms with Gasteiger partial charge in [-0.3, -0.25) is 4.68 Å². The second-order valence-corrected chi connectivity index (χ2v) is 5.56. The van der Waals surface area contributed by atoms with Gasteiger partial charge in [0.1, 0.15) is 11.7 Å². The van der Waals surface area contributed by atoms with Gasteiger partial charge in [-0.2, -0.15) is 18.3 Å². The van der Waals surface area contributed by atoms with E-state index in [1.807, 2.05) is 0 Å². The zero-order valence-electron chi connectivity index (χ0n) is 10.6. The standard InChI is InChI=1S/C12H17F3N4/c13-12(14,15)11(3-4-11)10-17-8-19(18-10)7-9-1-5-16-6-2-9/h8-9,16H,1-7H2. The largest absolute Gasteiger partial charge is 0.401 e. The van der Waals surface area contributed by atoms with Crippen molar-refractivity contribution in [3.8, 4) is 0 Å². The fourth-order valence-corrected chi connectivity index (χ4v) is 2.69. The Morgan fingerprint density at radius 3 is 2.58 bits per heavy atom. The van der Waals surface area contributed by atoms with Crippen molar-refractivity contribution in [2.45, 2.75) is 43.8 Å². The molecule has 0 bridgehead atoms. The summed E-state index contributed by atoms with van der Waals surface area (Å²) in [6.07, 6.45) is -0.460. The van der Waals surface area contributed by atoms with Crippen LogP contribution in [0.25, 0.3) is 0 Å². The Balaban J connectivity index is 1.70. The first kappa shape index (κ1) is 12.9. The lowest BCUT2D eigenvalue weighted by Crippen LogP contribution is -2.31. The number of nitrogens with zero attached hydrogens (tertiary/aromatic N) is 3. The van der Waals surface area contributed by atoms with E-state index >= 15 is 0 Å². The van der Waals surface area contributed by atoms with E-state index in [0.717, 1.165) is 25.9 Å². The molecule has 2 fully saturated rings. The fraction of sp³-hybridized carbons (Fsp3) is 0.833. The summed E-state index contributed by atoms with van der Waals surface area (Å²) >= 11 is 0. The molecule has 106 valence electrons. The number of alkyl halides is 3. The van der Waals surface area contributed by atoms with Gasteiger partial charge in [0.25, 0.3) is 0 Å². The molecule has 7 heteroatoms. The quantitative estimate of drug-likeness (QED) is 0.915. The van der Waals surface area contributed by atoms with Crippen LogP contribution in [0.2, 0.25) is 0 Å². The molecule has 3 rings (SSSR count). The SMILES string of the molecule is FC(F)(F)C1(c2ncn(CC3CCNCC3)n2)CC1. The van der Waals surface area contributed by atoms with Gasteiger partial charge in [0.15, 0.2) is 5.82 Å². The Morgan fingerprint density at radius 1 is 1.32 bits per heavy atom. The number of hydrogen-bond acceptors (Lipinski definition) is 3. The van der Waals surface area contributed by atoms with Gasteiger partial charge in [0, 0.05) is 6.54 Å². The molecule has 0 spiro atoms. The third kappa shape index (κ3) is 2.35. The monoisotopic (exact) mass is 274 g/mol. The molecule has 1 aromatic rings. The first-order chi connectivity index (χ1) is 9.01. The minimum Gasteiger partial charge on any atom is -0.317 e. The van der Waals surface area contributed by atoms with E-state index < -0.39 is 11.6 Å². The van der Waals surface area contributed by atoms with E-state index in [4.69, 9.17) is 0 Å². The highest BCUT2D eigenvalue weighted by Crippen LogP contribution is 2.57. The molecule has 0 unspecified atom stereocenters. The van der Waals surface area contributed by atoms with E-state index in [2.05, 4.69) is 15.4 Å². The topological polar surface area (TPSA) is 42.7 Å². The van der Waals surface area contributed by atoms with Crippen LogP contribution in [0.4, 0.5) is 13.2 Å². The molecule has 2 aliphatic rings. The maximum atomic E-state index is 13.0. The predicted octanol–water partition coefficient (Wildman–Crippen LogP) is 1.87. The lowest BCUT2D eigenvalue weighted by Gasteiger charge is -2.22. The van der Waals surface area contributed by atoms with Gasteiger partial charge in [-0.1, -0.05) is 0 Å². The van der Waals surface area contributed by atoms with Crippen LogP contribution in [0.5, 0.6) is 0 Å². The number of hydrogen-bond donors (Lipinski definition) is 1. The van der Waals surface area contributed by atoms with Crippen LogP contribution in [-0.2, 0) is 12.0 Å². The van der Waals surface area contributed by atoms with Gasteiger partial charge in [0.05, 0.1) is 0 Å². The Morgan fingerprint density at radius 2 is 2.00 bits per heavy atom. The molecule has 0 radical (unpaired) electrons. The summed E-state index contributed by atoms with van der Waals surface area (Å²) in [6.45, 7) is 2.61. The molecule has 0 atom stereocenters. The number of piperidine rings is 1. The lowest BCUT2D eigenvalue weighted by molar-refractivity contribution is -0.162. The molecule has 1 aliphatic heterocycles. The van der Waals surface area contributed by atoms with Gasteiger partial charge in [-0.15, -0.1) is 0 Å². The first-order valence-electron chi connectivity index (χ1n) is 6.69. The summed E-state index contributed by atoms with van der Waals surface area (Å²) in [7, 11) is 0. The molecule has 0 amide bonds. The third-order valence-corrected chi connectivity index (χ3v) is 4.16. The highest BCUT2D eigenvalue weighted by Gasteiger charge is 2.66. The van der Waals surface area contributed by atoms with Gasteiger partial charge in [0.2, 0.25) is 0 Å². The van der Waals surface area contributed by atoms with Gasteiger partial charge < -0.3 is 5.32 Å². The van der Waals surface area contributed by atoms with E-state index in [1.54, 1.807) is 4.68 Å². The van der Waals surface area contributed by atoms with Crippen molar-refractivity contribution < 1.29 is 13.2 Å². The maximum Gasteiger partial charge on any atom is 0.401 e. The average molecular weight is 274 g/mol. The third-order valence-electron chi connectivity index (χ3n) is 4.16. The Bertz CT molecular complexity index is 444. The number of rotatable bonds is 3. The summed E-state index contributed by atoms with van der Waals surface area (Å²) in [5, 5.41) is 7.34. The van der Waals surface area contributed by atoms with E-state index in [9.17, 15) is 13.2 Å².